The molecule has 0 amide bonds. The summed E-state index contributed by atoms with van der Waals surface area (Å²) in [6, 6.07) is 4.98. The first-order valence-corrected chi connectivity index (χ1v) is 12.0. The van der Waals surface area contributed by atoms with Crippen LogP contribution in [0.25, 0.3) is 0 Å². The predicted octanol–water partition coefficient (Wildman–Crippen LogP) is 3.70. The van der Waals surface area contributed by atoms with Gasteiger partial charge < -0.3 is 45.2 Å². The van der Waals surface area contributed by atoms with E-state index >= 15 is 0 Å². The lowest BCUT2D eigenvalue weighted by molar-refractivity contribution is 0.0190. The summed E-state index contributed by atoms with van der Waals surface area (Å²) in [6.45, 7) is 4.85. The van der Waals surface area contributed by atoms with Crippen LogP contribution in [0.1, 0.15) is 58.1 Å². The molecule has 7 N–H and O–H groups in total. The molecule has 0 aliphatic carbocycles. The van der Waals surface area contributed by atoms with Gasteiger partial charge in [-0.3, -0.25) is 4.79 Å². The Morgan fingerprint density at radius 3 is 2.26 bits per heavy atom. The Hall–Kier alpha value is -4.31. The van der Waals surface area contributed by atoms with Crippen LogP contribution < -0.4 is 9.47 Å². The van der Waals surface area contributed by atoms with E-state index in [1.807, 2.05) is 0 Å². The Kier molecular flexibility index (Phi) is 6.94. The highest BCUT2D eigenvalue weighted by atomic mass is 16.5. The molecule has 3 aromatic carbocycles. The molecule has 0 fully saturated rings. The topological polar surface area (TPSA) is 177 Å². The number of fused-ring (bicyclic) bond motifs is 1. The third kappa shape index (κ3) is 4.37. The van der Waals surface area contributed by atoms with Gasteiger partial charge in [-0.1, -0.05) is 19.9 Å². The normalized spacial score (nSPS) is 16.7. The maximum absolute atomic E-state index is 13.0. The lowest BCUT2D eigenvalue weighted by Gasteiger charge is -2.33. The van der Waals surface area contributed by atoms with Crippen molar-refractivity contribution in [2.75, 3.05) is 7.11 Å². The van der Waals surface area contributed by atoms with Crippen molar-refractivity contribution in [3.63, 3.8) is 0 Å². The van der Waals surface area contributed by atoms with Crippen LogP contribution in [0, 0.1) is 12.8 Å². The van der Waals surface area contributed by atoms with Gasteiger partial charge in [0.15, 0.2) is 17.3 Å². The number of rotatable bonds is 6. The predicted molar refractivity (Wildman–Crippen MR) is 136 cm³/mol. The van der Waals surface area contributed by atoms with E-state index in [9.17, 15) is 40.5 Å². The quantitative estimate of drug-likeness (QED) is 0.185. The standard InChI is InChI=1S/C28H30O10/c1-11(2)23(34)22-25(36)16(24(35)12(3)26(22)37-4)8-14-18(30)10-19(31)15-9-21(33)27(38-28(14)15)13-5-6-17(29)20(32)7-13/h5-7,10-11,21,27,29-33,35-36H,8-9H2,1-4H3/t21-,27+/m0/s1. The SMILES string of the molecule is COc1c(C)c(O)c(Cc2c(O)cc(O)c3c2O[C@H](c2ccc(O)c(O)c2)[C@@H](O)C3)c(O)c1C(=O)C(C)C. The minimum absolute atomic E-state index is 0.00868. The van der Waals surface area contributed by atoms with E-state index in [1.54, 1.807) is 13.8 Å². The molecule has 0 radical (unpaired) electrons. The zero-order valence-electron chi connectivity index (χ0n) is 21.3. The van der Waals surface area contributed by atoms with E-state index in [-0.39, 0.29) is 69.4 Å². The van der Waals surface area contributed by atoms with Gasteiger partial charge in [0.1, 0.15) is 46.2 Å². The van der Waals surface area contributed by atoms with Gasteiger partial charge in [0.2, 0.25) is 0 Å². The van der Waals surface area contributed by atoms with Crippen LogP contribution in [0.15, 0.2) is 24.3 Å². The van der Waals surface area contributed by atoms with Crippen LogP contribution in [-0.2, 0) is 12.8 Å². The second-order valence-electron chi connectivity index (χ2n) is 9.66. The number of aliphatic hydroxyl groups is 1. The number of ketones is 1. The highest BCUT2D eigenvalue weighted by Gasteiger charge is 2.36. The maximum Gasteiger partial charge on any atom is 0.172 e. The van der Waals surface area contributed by atoms with Crippen LogP contribution in [-0.4, -0.2) is 54.7 Å². The van der Waals surface area contributed by atoms with E-state index in [4.69, 9.17) is 9.47 Å². The van der Waals surface area contributed by atoms with Crippen molar-refractivity contribution >= 4 is 5.78 Å². The number of carbonyl (C=O) groups excluding carboxylic acids is 1. The molecule has 4 rings (SSSR count). The summed E-state index contributed by atoms with van der Waals surface area (Å²) < 4.78 is 11.4. The molecule has 202 valence electrons. The average molecular weight is 527 g/mol. The smallest absolute Gasteiger partial charge is 0.172 e. The van der Waals surface area contributed by atoms with Crippen LogP contribution in [0.5, 0.6) is 46.0 Å². The Labute approximate surface area is 218 Å². The van der Waals surface area contributed by atoms with E-state index in [0.717, 1.165) is 6.07 Å². The largest absolute Gasteiger partial charge is 0.507 e. The van der Waals surface area contributed by atoms with Crippen molar-refractivity contribution in [1.29, 1.82) is 0 Å². The number of hydrogen-bond donors (Lipinski definition) is 7. The van der Waals surface area contributed by atoms with Crippen molar-refractivity contribution in [3.8, 4) is 46.0 Å². The van der Waals surface area contributed by atoms with E-state index < -0.39 is 41.2 Å². The minimum atomic E-state index is -1.16. The Morgan fingerprint density at radius 1 is 0.974 bits per heavy atom. The van der Waals surface area contributed by atoms with Gasteiger partial charge in [-0.2, -0.15) is 0 Å². The number of carbonyl (C=O) groups is 1. The van der Waals surface area contributed by atoms with E-state index in [1.165, 1.54) is 32.2 Å². The van der Waals surface area contributed by atoms with E-state index in [0.29, 0.717) is 5.56 Å². The van der Waals surface area contributed by atoms with Crippen molar-refractivity contribution in [2.45, 2.75) is 45.8 Å². The molecule has 38 heavy (non-hydrogen) atoms. The van der Waals surface area contributed by atoms with Crippen molar-refractivity contribution < 1.29 is 50.0 Å². The number of phenols is 6. The van der Waals surface area contributed by atoms with Gasteiger partial charge in [0.25, 0.3) is 0 Å². The summed E-state index contributed by atoms with van der Waals surface area (Å²) in [7, 11) is 1.32. The second-order valence-corrected chi connectivity index (χ2v) is 9.66. The molecule has 1 aliphatic heterocycles. The fraction of sp³-hybridized carbons (Fsp3) is 0.321. The molecule has 10 heteroatoms. The fourth-order valence-electron chi connectivity index (χ4n) is 4.77. The Bertz CT molecular complexity index is 1430. The molecule has 0 bridgehead atoms. The average Bonchev–Trinajstić information content (AvgIpc) is 2.86. The van der Waals surface area contributed by atoms with Crippen molar-refractivity contribution in [3.05, 3.63) is 57.6 Å². The summed E-state index contributed by atoms with van der Waals surface area (Å²) in [5.41, 5.74) is 0.633. The van der Waals surface area contributed by atoms with Gasteiger partial charge in [-0.25, -0.2) is 0 Å². The lowest BCUT2D eigenvalue weighted by atomic mass is 9.88. The molecule has 0 unspecified atom stereocenters. The second kappa shape index (κ2) is 9.86. The number of aromatic hydroxyl groups is 6. The number of Topliss-reactive ketones (excluding diaryl/α,β-unsaturated/α-hetero) is 1. The van der Waals surface area contributed by atoms with Crippen LogP contribution in [0.4, 0.5) is 0 Å². The minimum Gasteiger partial charge on any atom is -0.507 e. The van der Waals surface area contributed by atoms with Gasteiger partial charge in [0, 0.05) is 47.1 Å². The maximum atomic E-state index is 13.0. The van der Waals surface area contributed by atoms with E-state index in [2.05, 4.69) is 0 Å². The van der Waals surface area contributed by atoms with Crippen molar-refractivity contribution in [1.82, 2.24) is 0 Å². The molecule has 0 aromatic heterocycles. The summed E-state index contributed by atoms with van der Waals surface area (Å²) in [5, 5.41) is 73.7. The summed E-state index contributed by atoms with van der Waals surface area (Å²) in [4.78, 5) is 13.0. The highest BCUT2D eigenvalue weighted by molar-refractivity contribution is 6.03. The highest BCUT2D eigenvalue weighted by Crippen LogP contribution is 2.50. The molecular weight excluding hydrogens is 496 g/mol. The third-order valence-electron chi connectivity index (χ3n) is 6.84. The third-order valence-corrected chi connectivity index (χ3v) is 6.84. The number of hydrogen-bond acceptors (Lipinski definition) is 10. The molecule has 10 nitrogen and oxygen atoms in total. The fourth-order valence-corrected chi connectivity index (χ4v) is 4.77. The first kappa shape index (κ1) is 26.7. The molecule has 2 atom stereocenters. The van der Waals surface area contributed by atoms with Crippen LogP contribution >= 0.6 is 0 Å². The van der Waals surface area contributed by atoms with Gasteiger partial charge in [-0.15, -0.1) is 0 Å². The van der Waals surface area contributed by atoms with Gasteiger partial charge in [0.05, 0.1) is 13.2 Å². The summed E-state index contributed by atoms with van der Waals surface area (Å²) >= 11 is 0. The Morgan fingerprint density at radius 2 is 1.66 bits per heavy atom. The summed E-state index contributed by atoms with van der Waals surface area (Å²) in [5.74, 6) is -3.24. The zero-order chi connectivity index (χ0) is 28.0. The van der Waals surface area contributed by atoms with Gasteiger partial charge in [-0.05, 0) is 24.6 Å². The molecule has 0 spiro atoms. The zero-order valence-corrected chi connectivity index (χ0v) is 21.3. The number of benzene rings is 3. The van der Waals surface area contributed by atoms with Crippen molar-refractivity contribution in [2.24, 2.45) is 5.92 Å². The summed E-state index contributed by atoms with van der Waals surface area (Å²) in [6.07, 6.45) is -2.60. The number of aliphatic hydroxyl groups excluding tert-OH is 1. The first-order valence-electron chi connectivity index (χ1n) is 12.0. The number of phenolic OH excluding ortho intramolecular Hbond substituents is 6. The molecular formula is C28H30O10. The molecule has 0 saturated heterocycles. The lowest BCUT2D eigenvalue weighted by Crippen LogP contribution is -2.31. The molecule has 1 heterocycles. The molecule has 3 aromatic rings. The molecule has 0 saturated carbocycles. The molecule has 1 aliphatic rings. The first-order chi connectivity index (χ1) is 17.9. The van der Waals surface area contributed by atoms with Crippen LogP contribution in [0.3, 0.4) is 0 Å². The number of ether oxygens (including phenoxy) is 2. The van der Waals surface area contributed by atoms with Crippen LogP contribution in [0.2, 0.25) is 0 Å². The Balaban J connectivity index is 1.88. The van der Waals surface area contributed by atoms with Gasteiger partial charge >= 0.3 is 0 Å². The number of methoxy groups -OCH3 is 1. The monoisotopic (exact) mass is 526 g/mol.